The van der Waals surface area contributed by atoms with Crippen LogP contribution in [0.3, 0.4) is 0 Å². The van der Waals surface area contributed by atoms with E-state index in [0.717, 1.165) is 0 Å². The topological polar surface area (TPSA) is 77.3 Å². The zero-order chi connectivity index (χ0) is 14.6. The molecule has 0 saturated heterocycles. The van der Waals surface area contributed by atoms with Gasteiger partial charge in [-0.15, -0.1) is 16.7 Å². The molecule has 19 heavy (non-hydrogen) atoms. The number of aromatic nitrogens is 3. The highest BCUT2D eigenvalue weighted by atomic mass is 35.5. The smallest absolute Gasteiger partial charge is 0.360 e. The predicted octanol–water partition coefficient (Wildman–Crippen LogP) is 0.843. The minimum Gasteiger partial charge on any atom is -0.461 e. The van der Waals surface area contributed by atoms with Gasteiger partial charge in [-0.25, -0.2) is 9.48 Å². The van der Waals surface area contributed by atoms with Crippen LogP contribution in [-0.4, -0.2) is 52.5 Å². The minimum atomic E-state index is -0.589. The van der Waals surface area contributed by atoms with E-state index >= 15 is 0 Å². The fourth-order valence-corrected chi connectivity index (χ4v) is 1.83. The summed E-state index contributed by atoms with van der Waals surface area (Å²) in [6.07, 6.45) is 0. The molecule has 1 rings (SSSR count). The Balaban J connectivity index is 3.10. The summed E-state index contributed by atoms with van der Waals surface area (Å²) < 4.78 is 6.21. The lowest BCUT2D eigenvalue weighted by Gasteiger charge is -2.18. The largest absolute Gasteiger partial charge is 0.461 e. The number of halogens is 1. The van der Waals surface area contributed by atoms with Crippen molar-refractivity contribution in [2.75, 3.05) is 20.7 Å². The number of hydrogen-bond donors (Lipinski definition) is 0. The second-order valence-corrected chi connectivity index (χ2v) is 4.36. The van der Waals surface area contributed by atoms with Crippen LogP contribution in [0.5, 0.6) is 0 Å². The molecule has 0 N–H and O–H groups in total. The molecule has 0 aromatic carbocycles. The first-order chi connectivity index (χ1) is 8.93. The molecule has 1 unspecified atom stereocenters. The molecule has 0 radical (unpaired) electrons. The first-order valence-corrected chi connectivity index (χ1v) is 6.35. The van der Waals surface area contributed by atoms with Crippen molar-refractivity contribution in [2.45, 2.75) is 25.8 Å². The molecule has 0 saturated carbocycles. The van der Waals surface area contributed by atoms with E-state index in [2.05, 4.69) is 10.3 Å². The molecular formula is C11H17ClN4O3. The number of likely N-dealkylation sites (N-methyl/N-ethyl adjacent to an activating group) is 1. The number of ether oxygens (including phenoxy) is 1. The second kappa shape index (κ2) is 6.51. The van der Waals surface area contributed by atoms with Crippen LogP contribution in [0, 0.1) is 0 Å². The van der Waals surface area contributed by atoms with Crippen LogP contribution >= 0.6 is 11.6 Å². The van der Waals surface area contributed by atoms with Gasteiger partial charge in [-0.3, -0.25) is 4.79 Å². The Morgan fingerprint density at radius 1 is 1.47 bits per heavy atom. The second-order valence-electron chi connectivity index (χ2n) is 4.09. The summed E-state index contributed by atoms with van der Waals surface area (Å²) >= 11 is 5.82. The molecule has 8 heteroatoms. The fraction of sp³-hybridized carbons (Fsp3) is 0.636. The van der Waals surface area contributed by atoms with Crippen molar-refractivity contribution in [1.29, 1.82) is 0 Å². The van der Waals surface area contributed by atoms with E-state index in [1.54, 1.807) is 27.9 Å². The number of alkyl halides is 1. The third-order valence-electron chi connectivity index (χ3n) is 2.55. The summed E-state index contributed by atoms with van der Waals surface area (Å²) in [7, 11) is 3.28. The zero-order valence-electron chi connectivity index (χ0n) is 11.4. The van der Waals surface area contributed by atoms with Crippen molar-refractivity contribution in [3.05, 3.63) is 11.4 Å². The molecule has 0 aliphatic heterocycles. The summed E-state index contributed by atoms with van der Waals surface area (Å²) in [5.74, 6) is -0.729. The standard InChI is InChI=1S/C11H17ClN4O3/c1-5-19-11(18)9-8(6-12)16(14-13-9)7(2)10(17)15(3)4/h7H,5-6H2,1-4H3. The lowest BCUT2D eigenvalue weighted by molar-refractivity contribution is -0.132. The van der Waals surface area contributed by atoms with Crippen LogP contribution in [0.15, 0.2) is 0 Å². The maximum Gasteiger partial charge on any atom is 0.360 e. The van der Waals surface area contributed by atoms with Gasteiger partial charge >= 0.3 is 5.97 Å². The van der Waals surface area contributed by atoms with Gasteiger partial charge in [0.25, 0.3) is 0 Å². The van der Waals surface area contributed by atoms with Crippen molar-refractivity contribution >= 4 is 23.5 Å². The molecular weight excluding hydrogens is 272 g/mol. The fourth-order valence-electron chi connectivity index (χ4n) is 1.59. The van der Waals surface area contributed by atoms with Gasteiger partial charge in [0.15, 0.2) is 5.69 Å². The summed E-state index contributed by atoms with van der Waals surface area (Å²) in [5.41, 5.74) is 0.429. The summed E-state index contributed by atoms with van der Waals surface area (Å²) in [6, 6.07) is -0.584. The monoisotopic (exact) mass is 288 g/mol. The van der Waals surface area contributed by atoms with E-state index in [1.165, 1.54) is 9.58 Å². The molecule has 1 aromatic rings. The number of esters is 1. The Morgan fingerprint density at radius 2 is 2.11 bits per heavy atom. The molecule has 1 aromatic heterocycles. The highest BCUT2D eigenvalue weighted by Gasteiger charge is 2.26. The molecule has 0 fully saturated rings. The average molecular weight is 289 g/mol. The third kappa shape index (κ3) is 3.23. The van der Waals surface area contributed by atoms with E-state index in [1.807, 2.05) is 0 Å². The van der Waals surface area contributed by atoms with Crippen LogP contribution < -0.4 is 0 Å². The third-order valence-corrected chi connectivity index (χ3v) is 2.80. The number of carbonyl (C=O) groups is 2. The van der Waals surface area contributed by atoms with Crippen LogP contribution in [0.4, 0.5) is 0 Å². The SMILES string of the molecule is CCOC(=O)c1nnn(C(C)C(=O)N(C)C)c1CCl. The van der Waals surface area contributed by atoms with Gasteiger partial charge in [0.05, 0.1) is 18.2 Å². The predicted molar refractivity (Wildman–Crippen MR) is 68.9 cm³/mol. The Labute approximate surface area is 116 Å². The van der Waals surface area contributed by atoms with E-state index in [0.29, 0.717) is 5.69 Å². The zero-order valence-corrected chi connectivity index (χ0v) is 12.1. The van der Waals surface area contributed by atoms with E-state index in [9.17, 15) is 9.59 Å². The van der Waals surface area contributed by atoms with Crippen molar-refractivity contribution in [3.63, 3.8) is 0 Å². The summed E-state index contributed by atoms with van der Waals surface area (Å²) in [5, 5.41) is 7.58. The Morgan fingerprint density at radius 3 is 2.58 bits per heavy atom. The summed E-state index contributed by atoms with van der Waals surface area (Å²) in [4.78, 5) is 25.0. The lowest BCUT2D eigenvalue weighted by Crippen LogP contribution is -2.31. The number of hydrogen-bond acceptors (Lipinski definition) is 5. The van der Waals surface area contributed by atoms with Gasteiger partial charge in [0.1, 0.15) is 6.04 Å². The summed E-state index contributed by atoms with van der Waals surface area (Å²) in [6.45, 7) is 3.60. The molecule has 1 atom stereocenters. The molecule has 106 valence electrons. The van der Waals surface area contributed by atoms with Crippen molar-refractivity contribution in [3.8, 4) is 0 Å². The van der Waals surface area contributed by atoms with Gasteiger partial charge in [0.2, 0.25) is 5.91 Å². The maximum atomic E-state index is 11.9. The van der Waals surface area contributed by atoms with Gasteiger partial charge in [-0.05, 0) is 13.8 Å². The molecule has 0 spiro atoms. The molecule has 0 aliphatic rings. The van der Waals surface area contributed by atoms with Crippen LogP contribution in [0.2, 0.25) is 0 Å². The van der Waals surface area contributed by atoms with Crippen LogP contribution in [0.25, 0.3) is 0 Å². The number of rotatable bonds is 5. The average Bonchev–Trinajstić information content (AvgIpc) is 2.80. The number of carbonyl (C=O) groups excluding carboxylic acids is 2. The van der Waals surface area contributed by atoms with E-state index in [4.69, 9.17) is 16.3 Å². The number of amides is 1. The normalized spacial score (nSPS) is 12.1. The van der Waals surface area contributed by atoms with Crippen molar-refractivity contribution < 1.29 is 14.3 Å². The maximum absolute atomic E-state index is 11.9. The minimum absolute atomic E-state index is 0.0200. The van der Waals surface area contributed by atoms with Gasteiger partial charge in [0, 0.05) is 14.1 Å². The highest BCUT2D eigenvalue weighted by Crippen LogP contribution is 2.16. The van der Waals surface area contributed by atoms with Gasteiger partial charge < -0.3 is 9.64 Å². The van der Waals surface area contributed by atoms with E-state index in [-0.39, 0.29) is 24.1 Å². The number of nitrogens with zero attached hydrogens (tertiary/aromatic N) is 4. The van der Waals surface area contributed by atoms with Crippen LogP contribution in [0.1, 0.15) is 36.1 Å². The van der Waals surface area contributed by atoms with Gasteiger partial charge in [-0.2, -0.15) is 0 Å². The Hall–Kier alpha value is -1.63. The van der Waals surface area contributed by atoms with Crippen LogP contribution in [-0.2, 0) is 15.4 Å². The Bertz CT molecular complexity index is 473. The lowest BCUT2D eigenvalue weighted by atomic mass is 10.2. The highest BCUT2D eigenvalue weighted by molar-refractivity contribution is 6.17. The van der Waals surface area contributed by atoms with Gasteiger partial charge in [-0.1, -0.05) is 5.21 Å². The molecule has 1 amide bonds. The Kier molecular flexibility index (Phi) is 5.29. The first kappa shape index (κ1) is 15.4. The van der Waals surface area contributed by atoms with Crippen molar-refractivity contribution in [2.24, 2.45) is 0 Å². The molecule has 0 aliphatic carbocycles. The first-order valence-electron chi connectivity index (χ1n) is 5.82. The van der Waals surface area contributed by atoms with E-state index < -0.39 is 12.0 Å². The molecule has 7 nitrogen and oxygen atoms in total. The quantitative estimate of drug-likeness (QED) is 0.593. The van der Waals surface area contributed by atoms with Crippen molar-refractivity contribution in [1.82, 2.24) is 19.9 Å². The molecule has 1 heterocycles. The molecule has 0 bridgehead atoms.